The van der Waals surface area contributed by atoms with E-state index in [2.05, 4.69) is 0 Å². The second kappa shape index (κ2) is 11.0. The van der Waals surface area contributed by atoms with Crippen LogP contribution in [0.5, 0.6) is 0 Å². The molecule has 0 saturated carbocycles. The van der Waals surface area contributed by atoms with Crippen molar-refractivity contribution < 1.29 is 23.8 Å². The van der Waals surface area contributed by atoms with Gasteiger partial charge in [0.1, 0.15) is 0 Å². The standard InChI is InChI=1S/C28H30Cl2O5/c1-6-33-25(31)28(26(32)34-7-2)17-18(3)24(27(4,5)35-28)16-23(19-8-12-21(29)13-9-19)20-10-14-22(30)15-11-20/h8-16H,6-7,17H2,1-5H3. The Balaban J connectivity index is 2.18. The van der Waals surface area contributed by atoms with Crippen LogP contribution in [0.1, 0.15) is 52.2 Å². The molecule has 0 amide bonds. The van der Waals surface area contributed by atoms with Gasteiger partial charge in [0.25, 0.3) is 5.60 Å². The van der Waals surface area contributed by atoms with Crippen LogP contribution >= 0.6 is 23.2 Å². The van der Waals surface area contributed by atoms with Crippen molar-refractivity contribution >= 4 is 40.7 Å². The fraction of sp³-hybridized carbons (Fsp3) is 0.357. The quantitative estimate of drug-likeness (QED) is 0.299. The van der Waals surface area contributed by atoms with E-state index in [4.69, 9.17) is 37.4 Å². The molecule has 0 saturated heterocycles. The first-order valence-electron chi connectivity index (χ1n) is 11.5. The Labute approximate surface area is 216 Å². The molecule has 5 nitrogen and oxygen atoms in total. The van der Waals surface area contributed by atoms with E-state index in [9.17, 15) is 9.59 Å². The van der Waals surface area contributed by atoms with E-state index in [1.165, 1.54) is 0 Å². The van der Waals surface area contributed by atoms with Gasteiger partial charge in [-0.25, -0.2) is 9.59 Å². The molecule has 0 radical (unpaired) electrons. The first-order valence-corrected chi connectivity index (χ1v) is 12.3. The highest BCUT2D eigenvalue weighted by Gasteiger charge is 2.57. The molecule has 3 rings (SSSR count). The van der Waals surface area contributed by atoms with Crippen molar-refractivity contribution in [3.05, 3.63) is 86.9 Å². The van der Waals surface area contributed by atoms with Gasteiger partial charge < -0.3 is 14.2 Å². The molecule has 0 aromatic heterocycles. The molecule has 35 heavy (non-hydrogen) atoms. The van der Waals surface area contributed by atoms with Crippen LogP contribution in [0.15, 0.2) is 65.8 Å². The number of esters is 2. The molecule has 2 aromatic rings. The predicted octanol–water partition coefficient (Wildman–Crippen LogP) is 6.81. The second-order valence-corrected chi connectivity index (χ2v) is 9.70. The van der Waals surface area contributed by atoms with Crippen LogP contribution in [0.25, 0.3) is 5.57 Å². The number of carbonyl (C=O) groups excluding carboxylic acids is 2. The van der Waals surface area contributed by atoms with Crippen LogP contribution in [0, 0.1) is 0 Å². The fourth-order valence-electron chi connectivity index (χ4n) is 4.35. The summed E-state index contributed by atoms with van der Waals surface area (Å²) in [6, 6.07) is 15.1. The molecule has 0 spiro atoms. The Morgan fingerprint density at radius 1 is 0.886 bits per heavy atom. The largest absolute Gasteiger partial charge is 0.463 e. The summed E-state index contributed by atoms with van der Waals surface area (Å²) in [5, 5.41) is 1.27. The van der Waals surface area contributed by atoms with E-state index in [0.717, 1.165) is 27.8 Å². The lowest BCUT2D eigenvalue weighted by atomic mass is 9.80. The minimum Gasteiger partial charge on any atom is -0.463 e. The molecule has 0 aliphatic carbocycles. The zero-order valence-corrected chi connectivity index (χ0v) is 22.1. The fourth-order valence-corrected chi connectivity index (χ4v) is 4.60. The van der Waals surface area contributed by atoms with Crippen molar-refractivity contribution in [3.63, 3.8) is 0 Å². The third-order valence-electron chi connectivity index (χ3n) is 5.86. The van der Waals surface area contributed by atoms with Gasteiger partial charge in [0.2, 0.25) is 0 Å². The van der Waals surface area contributed by atoms with E-state index in [1.54, 1.807) is 13.8 Å². The molecule has 0 bridgehead atoms. The molecule has 1 aliphatic rings. The van der Waals surface area contributed by atoms with Crippen LogP contribution in [-0.2, 0) is 23.8 Å². The second-order valence-electron chi connectivity index (χ2n) is 8.82. The van der Waals surface area contributed by atoms with Crippen molar-refractivity contribution in [1.82, 2.24) is 0 Å². The SMILES string of the molecule is CCOC(=O)C1(C(=O)OCC)CC(C)=C(C=C(c2ccc(Cl)cc2)c2ccc(Cl)cc2)C(C)(C)O1. The van der Waals surface area contributed by atoms with Crippen LogP contribution in [0.4, 0.5) is 0 Å². The molecule has 7 heteroatoms. The Morgan fingerprint density at radius 2 is 1.31 bits per heavy atom. The number of hydrogen-bond acceptors (Lipinski definition) is 5. The lowest BCUT2D eigenvalue weighted by molar-refractivity contribution is -0.206. The van der Waals surface area contributed by atoms with Crippen molar-refractivity contribution in [2.24, 2.45) is 0 Å². The molecule has 1 heterocycles. The molecule has 0 fully saturated rings. The number of benzene rings is 2. The molecule has 0 unspecified atom stereocenters. The summed E-state index contributed by atoms with van der Waals surface area (Å²) in [5.74, 6) is -1.49. The number of halogens is 2. The number of carbonyl (C=O) groups is 2. The maximum atomic E-state index is 13.0. The lowest BCUT2D eigenvalue weighted by Gasteiger charge is -2.43. The Morgan fingerprint density at radius 3 is 1.69 bits per heavy atom. The Hall–Kier alpha value is -2.60. The average Bonchev–Trinajstić information content (AvgIpc) is 2.80. The minimum absolute atomic E-state index is 0.0223. The van der Waals surface area contributed by atoms with Gasteiger partial charge in [-0.15, -0.1) is 0 Å². The van der Waals surface area contributed by atoms with Gasteiger partial charge in [-0.1, -0.05) is 53.0 Å². The molecule has 1 aliphatic heterocycles. The average molecular weight is 517 g/mol. The highest BCUT2D eigenvalue weighted by Crippen LogP contribution is 2.43. The molecule has 186 valence electrons. The third-order valence-corrected chi connectivity index (χ3v) is 6.37. The summed E-state index contributed by atoms with van der Waals surface area (Å²) < 4.78 is 16.8. The van der Waals surface area contributed by atoms with E-state index in [0.29, 0.717) is 10.0 Å². The highest BCUT2D eigenvalue weighted by molar-refractivity contribution is 6.31. The van der Waals surface area contributed by atoms with E-state index >= 15 is 0 Å². The highest BCUT2D eigenvalue weighted by atomic mass is 35.5. The smallest absolute Gasteiger partial charge is 0.350 e. The van der Waals surface area contributed by atoms with Crippen LogP contribution in [0.2, 0.25) is 10.0 Å². The lowest BCUT2D eigenvalue weighted by Crippen LogP contribution is -2.58. The van der Waals surface area contributed by atoms with Gasteiger partial charge in [-0.2, -0.15) is 0 Å². The van der Waals surface area contributed by atoms with Crippen molar-refractivity contribution in [2.45, 2.75) is 52.2 Å². The van der Waals surface area contributed by atoms with E-state index in [-0.39, 0.29) is 19.6 Å². The summed E-state index contributed by atoms with van der Waals surface area (Å²) >= 11 is 12.3. The van der Waals surface area contributed by atoms with Gasteiger partial charge in [0.05, 0.1) is 18.8 Å². The molecule has 0 atom stereocenters. The monoisotopic (exact) mass is 516 g/mol. The van der Waals surface area contributed by atoms with Crippen molar-refractivity contribution in [2.75, 3.05) is 13.2 Å². The van der Waals surface area contributed by atoms with Gasteiger partial charge >= 0.3 is 11.9 Å². The summed E-state index contributed by atoms with van der Waals surface area (Å²) in [7, 11) is 0. The summed E-state index contributed by atoms with van der Waals surface area (Å²) in [4.78, 5) is 26.0. The summed E-state index contributed by atoms with van der Waals surface area (Å²) in [6.07, 6.45) is 2.05. The molecular weight excluding hydrogens is 487 g/mol. The maximum Gasteiger partial charge on any atom is 0.350 e. The minimum atomic E-state index is -1.86. The molecule has 0 N–H and O–H groups in total. The van der Waals surface area contributed by atoms with Gasteiger partial charge in [0, 0.05) is 16.5 Å². The first kappa shape index (κ1) is 27.0. The van der Waals surface area contributed by atoms with Crippen LogP contribution < -0.4 is 0 Å². The number of ether oxygens (including phenoxy) is 3. The number of rotatable bonds is 7. The maximum absolute atomic E-state index is 13.0. The summed E-state index contributed by atoms with van der Waals surface area (Å²) in [6.45, 7) is 9.17. The normalized spacial score (nSPS) is 16.4. The topological polar surface area (TPSA) is 61.8 Å². The Kier molecular flexibility index (Phi) is 8.47. The third kappa shape index (κ3) is 5.80. The van der Waals surface area contributed by atoms with Crippen molar-refractivity contribution in [1.29, 1.82) is 0 Å². The van der Waals surface area contributed by atoms with Crippen molar-refractivity contribution in [3.8, 4) is 0 Å². The van der Waals surface area contributed by atoms with Gasteiger partial charge in [-0.3, -0.25) is 0 Å². The zero-order valence-electron chi connectivity index (χ0n) is 20.6. The zero-order chi connectivity index (χ0) is 25.8. The van der Waals surface area contributed by atoms with E-state index < -0.39 is 23.1 Å². The molecule has 2 aromatic carbocycles. The predicted molar refractivity (Wildman–Crippen MR) is 138 cm³/mol. The van der Waals surface area contributed by atoms with E-state index in [1.807, 2.05) is 75.4 Å². The van der Waals surface area contributed by atoms with Gasteiger partial charge in [0.15, 0.2) is 0 Å². The first-order chi connectivity index (χ1) is 16.5. The van der Waals surface area contributed by atoms with Crippen LogP contribution in [0.3, 0.4) is 0 Å². The van der Waals surface area contributed by atoms with Gasteiger partial charge in [-0.05, 0) is 87.2 Å². The van der Waals surface area contributed by atoms with Crippen LogP contribution in [-0.4, -0.2) is 36.4 Å². The summed E-state index contributed by atoms with van der Waals surface area (Å²) in [5.41, 5.74) is 1.61. The number of hydrogen-bond donors (Lipinski definition) is 0. The Bertz CT molecular complexity index is 1080. The molecular formula is C28H30Cl2O5.